The second-order valence-corrected chi connectivity index (χ2v) is 3.85. The Kier molecular flexibility index (Phi) is 1.81. The third-order valence-corrected chi connectivity index (χ3v) is 2.85. The Morgan fingerprint density at radius 2 is 2.20 bits per heavy atom. The second-order valence-electron chi connectivity index (χ2n) is 3.85. The van der Waals surface area contributed by atoms with Crippen LogP contribution in [0, 0.1) is 0 Å². The molecule has 4 nitrogen and oxygen atoms in total. The third kappa shape index (κ3) is 1.56. The van der Waals surface area contributed by atoms with Crippen LogP contribution in [0.3, 0.4) is 0 Å². The minimum absolute atomic E-state index is 0.111. The zero-order valence-corrected chi connectivity index (χ0v) is 8.48. The molecule has 0 bridgehead atoms. The first-order valence-corrected chi connectivity index (χ1v) is 5.29. The van der Waals surface area contributed by atoms with E-state index in [4.69, 9.17) is 1.37 Å². The molecule has 1 saturated heterocycles. The van der Waals surface area contributed by atoms with Crippen molar-refractivity contribution in [2.75, 3.05) is 18.0 Å². The van der Waals surface area contributed by atoms with Crippen molar-refractivity contribution in [3.05, 3.63) is 18.5 Å². The first-order chi connectivity index (χ1) is 7.83. The lowest BCUT2D eigenvalue weighted by Gasteiger charge is -2.28. The number of anilines is 1. The first-order valence-electron chi connectivity index (χ1n) is 5.87. The molecule has 0 radical (unpaired) electrons. The standard InChI is InChI=1S/C11H14N4/c1-2-4-15(5-3-1)9-6-10-11(12-7-9)8-13-14-10/h6-8H,1-5H2,(H,13,14)/i1D. The van der Waals surface area contributed by atoms with Gasteiger partial charge in [0.05, 0.1) is 23.6 Å². The molecule has 15 heavy (non-hydrogen) atoms. The maximum absolute atomic E-state index is 7.67. The van der Waals surface area contributed by atoms with E-state index in [2.05, 4.69) is 26.1 Å². The lowest BCUT2D eigenvalue weighted by molar-refractivity contribution is 0.577. The van der Waals surface area contributed by atoms with Gasteiger partial charge in [-0.05, 0) is 25.3 Å². The number of aromatic amines is 1. The van der Waals surface area contributed by atoms with Crippen molar-refractivity contribution < 1.29 is 1.37 Å². The molecule has 3 heterocycles. The van der Waals surface area contributed by atoms with Gasteiger partial charge in [-0.2, -0.15) is 5.10 Å². The Morgan fingerprint density at radius 3 is 3.07 bits per heavy atom. The van der Waals surface area contributed by atoms with Crippen LogP contribution in [-0.2, 0) is 0 Å². The van der Waals surface area contributed by atoms with Gasteiger partial charge in [0.2, 0.25) is 0 Å². The summed E-state index contributed by atoms with van der Waals surface area (Å²) in [6.45, 7) is 1.91. The molecule has 0 saturated carbocycles. The minimum Gasteiger partial charge on any atom is -0.370 e. The van der Waals surface area contributed by atoms with Crippen molar-refractivity contribution in [2.24, 2.45) is 0 Å². The van der Waals surface area contributed by atoms with Crippen LogP contribution in [0.4, 0.5) is 5.69 Å². The minimum atomic E-state index is 0.111. The highest BCUT2D eigenvalue weighted by atomic mass is 15.2. The van der Waals surface area contributed by atoms with E-state index in [0.717, 1.165) is 42.7 Å². The number of pyridine rings is 1. The van der Waals surface area contributed by atoms with E-state index in [-0.39, 0.29) is 6.40 Å². The molecule has 2 aromatic rings. The average molecular weight is 203 g/mol. The number of nitrogens with zero attached hydrogens (tertiary/aromatic N) is 3. The van der Waals surface area contributed by atoms with Crippen molar-refractivity contribution in [1.29, 1.82) is 0 Å². The Bertz CT molecular complexity index is 487. The molecule has 78 valence electrons. The van der Waals surface area contributed by atoms with Gasteiger partial charge >= 0.3 is 0 Å². The van der Waals surface area contributed by atoms with Crippen LogP contribution in [0.5, 0.6) is 0 Å². The largest absolute Gasteiger partial charge is 0.370 e. The zero-order chi connectivity index (χ0) is 11.0. The summed E-state index contributed by atoms with van der Waals surface area (Å²) in [6, 6.07) is 2.08. The summed E-state index contributed by atoms with van der Waals surface area (Å²) in [7, 11) is 0. The molecule has 0 spiro atoms. The maximum atomic E-state index is 7.67. The quantitative estimate of drug-likeness (QED) is 0.770. The number of piperidine rings is 1. The smallest absolute Gasteiger partial charge is 0.108 e. The summed E-state index contributed by atoms with van der Waals surface area (Å²) >= 11 is 0. The zero-order valence-electron chi connectivity index (χ0n) is 9.48. The summed E-state index contributed by atoms with van der Waals surface area (Å²) in [5.41, 5.74) is 3.01. The Hall–Kier alpha value is -1.58. The fraction of sp³-hybridized carbons (Fsp3) is 0.455. The molecule has 1 aliphatic rings. The van der Waals surface area contributed by atoms with Gasteiger partial charge in [-0.1, -0.05) is 0 Å². The van der Waals surface area contributed by atoms with Crippen LogP contribution in [0.2, 0.25) is 0 Å². The predicted molar refractivity (Wildman–Crippen MR) is 60.0 cm³/mol. The fourth-order valence-corrected chi connectivity index (χ4v) is 2.00. The number of aromatic nitrogens is 3. The molecule has 1 N–H and O–H groups in total. The number of hydrogen-bond acceptors (Lipinski definition) is 3. The van der Waals surface area contributed by atoms with Gasteiger partial charge in [-0.25, -0.2) is 0 Å². The summed E-state index contributed by atoms with van der Waals surface area (Å²) < 4.78 is 7.67. The maximum Gasteiger partial charge on any atom is 0.108 e. The predicted octanol–water partition coefficient (Wildman–Crippen LogP) is 1.95. The van der Waals surface area contributed by atoms with Crippen LogP contribution in [0.1, 0.15) is 20.6 Å². The molecule has 0 amide bonds. The summed E-state index contributed by atoms with van der Waals surface area (Å²) in [5.74, 6) is 0. The highest BCUT2D eigenvalue weighted by Crippen LogP contribution is 2.21. The molecule has 4 heteroatoms. The van der Waals surface area contributed by atoms with Crippen molar-refractivity contribution in [3.8, 4) is 0 Å². The van der Waals surface area contributed by atoms with Crippen LogP contribution in [0.15, 0.2) is 18.5 Å². The molecule has 1 fully saturated rings. The van der Waals surface area contributed by atoms with Crippen molar-refractivity contribution in [1.82, 2.24) is 15.2 Å². The van der Waals surface area contributed by atoms with Crippen LogP contribution in [-0.4, -0.2) is 28.3 Å². The lowest BCUT2D eigenvalue weighted by Crippen LogP contribution is -2.29. The molecule has 0 aromatic carbocycles. The Labute approximate surface area is 89.7 Å². The average Bonchev–Trinajstić information content (AvgIpc) is 2.77. The molecular formula is C11H14N4. The monoisotopic (exact) mass is 203 g/mol. The van der Waals surface area contributed by atoms with Gasteiger partial charge in [0.25, 0.3) is 0 Å². The van der Waals surface area contributed by atoms with Crippen LogP contribution >= 0.6 is 0 Å². The number of H-pyrrole nitrogens is 1. The van der Waals surface area contributed by atoms with E-state index in [1.807, 2.05) is 6.20 Å². The van der Waals surface area contributed by atoms with Gasteiger partial charge in [-0.15, -0.1) is 0 Å². The summed E-state index contributed by atoms with van der Waals surface area (Å²) in [5, 5.41) is 6.90. The number of fused-ring (bicyclic) bond motifs is 1. The lowest BCUT2D eigenvalue weighted by atomic mass is 10.1. The van der Waals surface area contributed by atoms with Gasteiger partial charge in [0.15, 0.2) is 0 Å². The molecule has 1 aliphatic heterocycles. The number of hydrogen-bond donors (Lipinski definition) is 1. The van der Waals surface area contributed by atoms with E-state index in [9.17, 15) is 0 Å². The van der Waals surface area contributed by atoms with Crippen molar-refractivity contribution >= 4 is 16.7 Å². The van der Waals surface area contributed by atoms with E-state index in [1.54, 1.807) is 6.20 Å². The molecule has 3 rings (SSSR count). The Balaban J connectivity index is 1.87. The Morgan fingerprint density at radius 1 is 1.33 bits per heavy atom. The molecule has 0 aliphatic carbocycles. The molecule has 0 unspecified atom stereocenters. The van der Waals surface area contributed by atoms with Crippen molar-refractivity contribution in [2.45, 2.75) is 19.2 Å². The fourth-order valence-electron chi connectivity index (χ4n) is 2.00. The second kappa shape index (κ2) is 3.53. The van der Waals surface area contributed by atoms with E-state index in [1.165, 1.54) is 0 Å². The van der Waals surface area contributed by atoms with Crippen LogP contribution < -0.4 is 4.90 Å². The first kappa shape index (κ1) is 7.68. The highest BCUT2D eigenvalue weighted by molar-refractivity contribution is 5.77. The van der Waals surface area contributed by atoms with Crippen LogP contribution in [0.25, 0.3) is 11.0 Å². The van der Waals surface area contributed by atoms with Gasteiger partial charge in [0.1, 0.15) is 5.52 Å². The van der Waals surface area contributed by atoms with Gasteiger partial charge in [-0.3, -0.25) is 10.1 Å². The number of rotatable bonds is 1. The molecular weight excluding hydrogens is 188 g/mol. The highest BCUT2D eigenvalue weighted by Gasteiger charge is 2.11. The van der Waals surface area contributed by atoms with E-state index in [0.29, 0.717) is 0 Å². The van der Waals surface area contributed by atoms with Crippen molar-refractivity contribution in [3.63, 3.8) is 0 Å². The normalized spacial score (nSPS) is 19.5. The molecule has 2 aromatic heterocycles. The topological polar surface area (TPSA) is 44.8 Å². The van der Waals surface area contributed by atoms with E-state index >= 15 is 0 Å². The van der Waals surface area contributed by atoms with E-state index < -0.39 is 0 Å². The molecule has 0 atom stereocenters. The van der Waals surface area contributed by atoms with Gasteiger partial charge in [0, 0.05) is 14.5 Å². The third-order valence-electron chi connectivity index (χ3n) is 2.85. The SMILES string of the molecule is [2H]C1CCN(c2cnc3cn[nH]c3c2)CC1. The summed E-state index contributed by atoms with van der Waals surface area (Å²) in [6.07, 6.45) is 5.62. The van der Waals surface area contributed by atoms with Gasteiger partial charge < -0.3 is 4.90 Å². The number of nitrogens with one attached hydrogen (secondary N) is 1. The summed E-state index contributed by atoms with van der Waals surface area (Å²) in [4.78, 5) is 6.64.